The minimum Gasteiger partial charge on any atom is -0.478 e. The van der Waals surface area contributed by atoms with Gasteiger partial charge in [-0.3, -0.25) is 9.59 Å². The monoisotopic (exact) mass is 374 g/mol. The Hall–Kier alpha value is -2.17. The van der Waals surface area contributed by atoms with Crippen molar-refractivity contribution in [3.8, 4) is 0 Å². The van der Waals surface area contributed by atoms with Crippen LogP contribution >= 0.6 is 0 Å². The van der Waals surface area contributed by atoms with Gasteiger partial charge in [0.05, 0.1) is 6.04 Å². The van der Waals surface area contributed by atoms with Gasteiger partial charge in [-0.15, -0.1) is 0 Å². The van der Waals surface area contributed by atoms with Crippen LogP contribution in [0.1, 0.15) is 27.2 Å². The molecule has 0 saturated carbocycles. The van der Waals surface area contributed by atoms with E-state index in [-0.39, 0.29) is 18.4 Å². The molecule has 6 N–H and O–H groups in total. The lowest BCUT2D eigenvalue weighted by molar-refractivity contribution is -0.147. The molecule has 26 heavy (non-hydrogen) atoms. The molecule has 3 unspecified atom stereocenters. The number of ether oxygens (including phenoxy) is 1. The van der Waals surface area contributed by atoms with Gasteiger partial charge in [0.15, 0.2) is 6.10 Å². The summed E-state index contributed by atoms with van der Waals surface area (Å²) in [7, 11) is 0. The highest BCUT2D eigenvalue weighted by molar-refractivity contribution is 5.84. The number of carbonyl (C=O) groups is 3. The fourth-order valence-corrected chi connectivity index (χ4v) is 2.42. The predicted octanol–water partition coefficient (Wildman–Crippen LogP) is -1.90. The van der Waals surface area contributed by atoms with Crippen LogP contribution in [0.15, 0.2) is 11.8 Å². The second-order valence-electron chi connectivity index (χ2n) is 6.25. The SMILES string of the molecule is CCC(C)C(=O)NC[C@H](O)[C@H](O)C1OC(C(=O)O)=C[C@@H](O)C1NC(C)=O. The van der Waals surface area contributed by atoms with Gasteiger partial charge >= 0.3 is 5.97 Å². The third kappa shape index (κ3) is 5.68. The number of carboxylic acid groups (broad SMARTS) is 1. The molecular formula is C16H26N2O8. The van der Waals surface area contributed by atoms with Gasteiger partial charge in [0.25, 0.3) is 0 Å². The number of amides is 2. The van der Waals surface area contributed by atoms with Crippen LogP contribution in [0.3, 0.4) is 0 Å². The number of hydrogen-bond acceptors (Lipinski definition) is 7. The smallest absolute Gasteiger partial charge is 0.370 e. The maximum Gasteiger partial charge on any atom is 0.370 e. The van der Waals surface area contributed by atoms with E-state index in [0.717, 1.165) is 6.08 Å². The number of aliphatic hydroxyl groups is 3. The molecule has 0 spiro atoms. The zero-order valence-electron chi connectivity index (χ0n) is 14.9. The lowest BCUT2D eigenvalue weighted by Crippen LogP contribution is -2.60. The Kier molecular flexibility index (Phi) is 8.00. The van der Waals surface area contributed by atoms with Gasteiger partial charge in [-0.25, -0.2) is 4.79 Å². The number of carboxylic acids is 1. The third-order valence-corrected chi connectivity index (χ3v) is 4.16. The summed E-state index contributed by atoms with van der Waals surface area (Å²) in [5.74, 6) is -3.21. The van der Waals surface area contributed by atoms with Gasteiger partial charge < -0.3 is 35.8 Å². The van der Waals surface area contributed by atoms with Crippen LogP contribution in [0, 0.1) is 5.92 Å². The first kappa shape index (κ1) is 21.9. The summed E-state index contributed by atoms with van der Waals surface area (Å²) in [5.41, 5.74) is 0. The Balaban J connectivity index is 2.88. The Bertz CT molecular complexity index is 564. The van der Waals surface area contributed by atoms with Crippen LogP contribution in [-0.2, 0) is 19.1 Å². The Morgan fingerprint density at radius 2 is 1.92 bits per heavy atom. The molecule has 10 heteroatoms. The van der Waals surface area contributed by atoms with Crippen molar-refractivity contribution in [1.29, 1.82) is 0 Å². The average Bonchev–Trinajstić information content (AvgIpc) is 2.58. The van der Waals surface area contributed by atoms with E-state index in [2.05, 4.69) is 10.6 Å². The minimum absolute atomic E-state index is 0.277. The number of aliphatic carboxylic acids is 1. The van der Waals surface area contributed by atoms with E-state index in [0.29, 0.717) is 6.42 Å². The highest BCUT2D eigenvalue weighted by atomic mass is 16.5. The first-order chi connectivity index (χ1) is 12.1. The lowest BCUT2D eigenvalue weighted by atomic mass is 9.93. The second kappa shape index (κ2) is 9.51. The molecule has 0 aromatic carbocycles. The highest BCUT2D eigenvalue weighted by Gasteiger charge is 2.43. The lowest BCUT2D eigenvalue weighted by Gasteiger charge is -2.38. The number of rotatable bonds is 8. The van der Waals surface area contributed by atoms with Gasteiger partial charge in [0, 0.05) is 19.4 Å². The van der Waals surface area contributed by atoms with Crippen molar-refractivity contribution < 1.29 is 39.5 Å². The molecular weight excluding hydrogens is 348 g/mol. The molecule has 0 aromatic rings. The molecule has 10 nitrogen and oxygen atoms in total. The quantitative estimate of drug-likeness (QED) is 0.287. The van der Waals surface area contributed by atoms with Crippen molar-refractivity contribution in [3.63, 3.8) is 0 Å². The van der Waals surface area contributed by atoms with Crippen molar-refractivity contribution in [2.45, 2.75) is 57.6 Å². The van der Waals surface area contributed by atoms with E-state index in [9.17, 15) is 29.7 Å². The second-order valence-corrected chi connectivity index (χ2v) is 6.25. The molecule has 0 aromatic heterocycles. The van der Waals surface area contributed by atoms with E-state index in [1.165, 1.54) is 6.92 Å². The van der Waals surface area contributed by atoms with E-state index in [1.54, 1.807) is 6.92 Å². The van der Waals surface area contributed by atoms with Crippen molar-refractivity contribution in [2.75, 3.05) is 6.54 Å². The number of aliphatic hydroxyl groups excluding tert-OH is 3. The average molecular weight is 374 g/mol. The summed E-state index contributed by atoms with van der Waals surface area (Å²) in [5, 5.41) is 44.4. The molecule has 0 aliphatic carbocycles. The van der Waals surface area contributed by atoms with Crippen LogP contribution < -0.4 is 10.6 Å². The Labute approximate surface area is 150 Å². The minimum atomic E-state index is -1.68. The van der Waals surface area contributed by atoms with Crippen molar-refractivity contribution in [2.24, 2.45) is 5.92 Å². The first-order valence-electron chi connectivity index (χ1n) is 8.29. The Morgan fingerprint density at radius 1 is 1.31 bits per heavy atom. The van der Waals surface area contributed by atoms with Crippen molar-refractivity contribution in [1.82, 2.24) is 10.6 Å². The third-order valence-electron chi connectivity index (χ3n) is 4.16. The van der Waals surface area contributed by atoms with E-state index >= 15 is 0 Å². The molecule has 1 heterocycles. The zero-order valence-corrected chi connectivity index (χ0v) is 14.9. The molecule has 0 radical (unpaired) electrons. The number of hydrogen-bond donors (Lipinski definition) is 6. The molecule has 0 bridgehead atoms. The molecule has 1 aliphatic heterocycles. The summed E-state index contributed by atoms with van der Waals surface area (Å²) in [4.78, 5) is 34.2. The maximum atomic E-state index is 11.8. The fraction of sp³-hybridized carbons (Fsp3) is 0.688. The van der Waals surface area contributed by atoms with Crippen LogP contribution in [0.4, 0.5) is 0 Å². The summed E-state index contributed by atoms with van der Waals surface area (Å²) < 4.78 is 5.15. The molecule has 0 fully saturated rings. The van der Waals surface area contributed by atoms with Crippen LogP contribution in [0.25, 0.3) is 0 Å². The number of nitrogens with one attached hydrogen (secondary N) is 2. The molecule has 0 saturated heterocycles. The van der Waals surface area contributed by atoms with E-state index in [4.69, 9.17) is 9.84 Å². The maximum absolute atomic E-state index is 11.8. The highest BCUT2D eigenvalue weighted by Crippen LogP contribution is 2.23. The summed E-state index contributed by atoms with van der Waals surface area (Å²) in [6.45, 7) is 4.40. The van der Waals surface area contributed by atoms with Gasteiger partial charge in [-0.1, -0.05) is 13.8 Å². The fourth-order valence-electron chi connectivity index (χ4n) is 2.42. The summed E-state index contributed by atoms with van der Waals surface area (Å²) >= 11 is 0. The molecule has 148 valence electrons. The molecule has 2 amide bonds. The topological polar surface area (TPSA) is 165 Å². The zero-order chi connectivity index (χ0) is 20.0. The first-order valence-corrected chi connectivity index (χ1v) is 8.29. The van der Waals surface area contributed by atoms with Crippen molar-refractivity contribution >= 4 is 17.8 Å². The van der Waals surface area contributed by atoms with E-state index in [1.807, 2.05) is 6.92 Å². The largest absolute Gasteiger partial charge is 0.478 e. The standard InChI is InChI=1S/C16H26N2O8/c1-4-7(2)15(23)17-6-10(21)13(22)14-12(18-8(3)19)9(20)5-11(26-14)16(24)25/h5,7,9-10,12-14,20-22H,4,6H2,1-3H3,(H,17,23)(H,18,19)(H,24,25)/t7?,9-,10+,12?,13+,14?/m1/s1. The van der Waals surface area contributed by atoms with Crippen LogP contribution in [0.2, 0.25) is 0 Å². The number of carbonyl (C=O) groups excluding carboxylic acids is 2. The van der Waals surface area contributed by atoms with Gasteiger partial charge in [-0.2, -0.15) is 0 Å². The molecule has 1 rings (SSSR count). The molecule has 1 aliphatic rings. The van der Waals surface area contributed by atoms with Gasteiger partial charge in [0.2, 0.25) is 17.6 Å². The molecule has 6 atom stereocenters. The van der Waals surface area contributed by atoms with Crippen LogP contribution in [-0.4, -0.2) is 75.2 Å². The van der Waals surface area contributed by atoms with Gasteiger partial charge in [-0.05, 0) is 12.5 Å². The predicted molar refractivity (Wildman–Crippen MR) is 88.7 cm³/mol. The van der Waals surface area contributed by atoms with Crippen LogP contribution in [0.5, 0.6) is 0 Å². The Morgan fingerprint density at radius 3 is 2.42 bits per heavy atom. The van der Waals surface area contributed by atoms with E-state index < -0.39 is 48.1 Å². The summed E-state index contributed by atoms with van der Waals surface area (Å²) in [6.07, 6.45) is -4.57. The van der Waals surface area contributed by atoms with Crippen molar-refractivity contribution in [3.05, 3.63) is 11.8 Å². The normalized spacial score (nSPS) is 25.9. The summed E-state index contributed by atoms with van der Waals surface area (Å²) in [6, 6.07) is -1.18. The van der Waals surface area contributed by atoms with Gasteiger partial charge in [0.1, 0.15) is 18.3 Å².